The zero-order valence-electron chi connectivity index (χ0n) is 13.1. The van der Waals surface area contributed by atoms with Gasteiger partial charge in [-0.05, 0) is 32.8 Å². The van der Waals surface area contributed by atoms with Crippen molar-refractivity contribution in [3.63, 3.8) is 0 Å². The van der Waals surface area contributed by atoms with Gasteiger partial charge >= 0.3 is 5.97 Å². The van der Waals surface area contributed by atoms with Gasteiger partial charge < -0.3 is 14.7 Å². The summed E-state index contributed by atoms with van der Waals surface area (Å²) in [6.07, 6.45) is 1.68. The van der Waals surface area contributed by atoms with Crippen LogP contribution >= 0.6 is 0 Å². The van der Waals surface area contributed by atoms with E-state index in [4.69, 9.17) is 9.84 Å². The number of para-hydroxylation sites is 1. The molecule has 120 valence electrons. The van der Waals surface area contributed by atoms with E-state index < -0.39 is 11.9 Å². The summed E-state index contributed by atoms with van der Waals surface area (Å²) in [4.78, 5) is 25.2. The molecule has 1 N–H and O–H groups in total. The number of rotatable bonds is 5. The Morgan fingerprint density at radius 2 is 2.09 bits per heavy atom. The second kappa shape index (κ2) is 7.29. The number of likely N-dealkylation sites (tertiary alicyclic amines) is 1. The molecule has 1 heterocycles. The Bertz CT molecular complexity index is 541. The molecule has 1 amide bonds. The highest BCUT2D eigenvalue weighted by Crippen LogP contribution is 2.22. The minimum atomic E-state index is -0.818. The maximum absolute atomic E-state index is 12.5. The molecule has 5 nitrogen and oxygen atoms in total. The van der Waals surface area contributed by atoms with Gasteiger partial charge in [-0.2, -0.15) is 0 Å². The second-order valence-corrected chi connectivity index (χ2v) is 5.97. The normalized spacial score (nSPS) is 18.3. The smallest absolute Gasteiger partial charge is 0.308 e. The maximum Gasteiger partial charge on any atom is 0.308 e. The van der Waals surface area contributed by atoms with Crippen LogP contribution in [0.25, 0.3) is 0 Å². The number of carboxylic acids is 1. The van der Waals surface area contributed by atoms with Gasteiger partial charge in [-0.25, -0.2) is 0 Å². The summed E-state index contributed by atoms with van der Waals surface area (Å²) in [6, 6.07) is 7.51. The van der Waals surface area contributed by atoms with Crippen LogP contribution in [0.5, 0.6) is 5.75 Å². The van der Waals surface area contributed by atoms with E-state index in [0.29, 0.717) is 19.5 Å². The third kappa shape index (κ3) is 4.23. The van der Waals surface area contributed by atoms with E-state index in [2.05, 4.69) is 0 Å². The molecule has 0 saturated carbocycles. The summed E-state index contributed by atoms with van der Waals surface area (Å²) in [5.74, 6) is -0.579. The lowest BCUT2D eigenvalue weighted by Gasteiger charge is -2.31. The van der Waals surface area contributed by atoms with Crippen molar-refractivity contribution in [2.45, 2.75) is 39.2 Å². The first-order valence-electron chi connectivity index (χ1n) is 7.72. The first-order valence-corrected chi connectivity index (χ1v) is 7.72. The summed E-state index contributed by atoms with van der Waals surface area (Å²) in [7, 11) is 0. The number of piperidine rings is 1. The standard InChI is InChI=1S/C17H23NO4/c1-12(2)22-15-8-4-3-6-13(15)10-16(19)18-9-5-7-14(11-18)17(20)21/h3-4,6,8,12,14H,5,7,9-11H2,1-2H3,(H,20,21)/t14-/m1/s1. The monoisotopic (exact) mass is 305 g/mol. The van der Waals surface area contributed by atoms with Crippen LogP contribution in [0.15, 0.2) is 24.3 Å². The molecule has 0 spiro atoms. The highest BCUT2D eigenvalue weighted by atomic mass is 16.5. The van der Waals surface area contributed by atoms with Crippen LogP contribution < -0.4 is 4.74 Å². The Morgan fingerprint density at radius 3 is 2.77 bits per heavy atom. The average Bonchev–Trinajstić information content (AvgIpc) is 2.49. The Kier molecular flexibility index (Phi) is 5.41. The molecular weight excluding hydrogens is 282 g/mol. The van der Waals surface area contributed by atoms with Crippen LogP contribution in [0.4, 0.5) is 0 Å². The van der Waals surface area contributed by atoms with E-state index in [1.807, 2.05) is 38.1 Å². The Balaban J connectivity index is 2.04. The number of hydrogen-bond donors (Lipinski definition) is 1. The molecule has 1 aromatic carbocycles. The summed E-state index contributed by atoms with van der Waals surface area (Å²) in [5.41, 5.74) is 0.846. The van der Waals surface area contributed by atoms with E-state index in [0.717, 1.165) is 17.7 Å². The van der Waals surface area contributed by atoms with Crippen molar-refractivity contribution in [2.24, 2.45) is 5.92 Å². The molecule has 1 aliphatic heterocycles. The SMILES string of the molecule is CC(C)Oc1ccccc1CC(=O)N1CCC[C@@H](C(=O)O)C1. The fourth-order valence-corrected chi connectivity index (χ4v) is 2.70. The highest BCUT2D eigenvalue weighted by Gasteiger charge is 2.28. The van der Waals surface area contributed by atoms with Gasteiger partial charge in [0.25, 0.3) is 0 Å². The number of carboxylic acid groups (broad SMARTS) is 1. The number of aliphatic carboxylic acids is 1. The van der Waals surface area contributed by atoms with Crippen molar-refractivity contribution in [1.29, 1.82) is 0 Å². The summed E-state index contributed by atoms with van der Waals surface area (Å²) in [5, 5.41) is 9.11. The van der Waals surface area contributed by atoms with Crippen molar-refractivity contribution in [3.05, 3.63) is 29.8 Å². The van der Waals surface area contributed by atoms with Crippen LogP contribution in [0, 0.1) is 5.92 Å². The number of nitrogens with zero attached hydrogens (tertiary/aromatic N) is 1. The molecule has 0 aliphatic carbocycles. The lowest BCUT2D eigenvalue weighted by molar-refractivity contribution is -0.145. The molecule has 1 saturated heterocycles. The van der Waals surface area contributed by atoms with Crippen molar-refractivity contribution in [2.75, 3.05) is 13.1 Å². The quantitative estimate of drug-likeness (QED) is 0.906. The molecular formula is C17H23NO4. The first-order chi connectivity index (χ1) is 10.5. The van der Waals surface area contributed by atoms with Gasteiger partial charge in [-0.3, -0.25) is 9.59 Å². The molecule has 1 aromatic rings. The van der Waals surface area contributed by atoms with Crippen LogP contribution in [-0.4, -0.2) is 41.1 Å². The van der Waals surface area contributed by atoms with Crippen LogP contribution in [0.3, 0.4) is 0 Å². The topological polar surface area (TPSA) is 66.8 Å². The predicted molar refractivity (Wildman–Crippen MR) is 82.8 cm³/mol. The molecule has 0 bridgehead atoms. The summed E-state index contributed by atoms with van der Waals surface area (Å²) < 4.78 is 5.73. The molecule has 22 heavy (non-hydrogen) atoms. The Hall–Kier alpha value is -2.04. The molecule has 0 unspecified atom stereocenters. The largest absolute Gasteiger partial charge is 0.491 e. The number of hydrogen-bond acceptors (Lipinski definition) is 3. The molecule has 1 fully saturated rings. The van der Waals surface area contributed by atoms with Gasteiger partial charge in [0.2, 0.25) is 5.91 Å². The predicted octanol–water partition coefficient (Wildman–Crippen LogP) is 2.34. The third-order valence-corrected chi connectivity index (χ3v) is 3.80. The van der Waals surface area contributed by atoms with E-state index >= 15 is 0 Å². The summed E-state index contributed by atoms with van der Waals surface area (Å²) >= 11 is 0. The van der Waals surface area contributed by atoms with Crippen LogP contribution in [0.2, 0.25) is 0 Å². The molecule has 5 heteroatoms. The van der Waals surface area contributed by atoms with E-state index in [1.54, 1.807) is 4.90 Å². The average molecular weight is 305 g/mol. The second-order valence-electron chi connectivity index (χ2n) is 5.97. The number of amides is 1. The van der Waals surface area contributed by atoms with Gasteiger partial charge in [0, 0.05) is 18.7 Å². The zero-order valence-corrected chi connectivity index (χ0v) is 13.1. The Morgan fingerprint density at radius 1 is 1.36 bits per heavy atom. The van der Waals surface area contributed by atoms with Crippen LogP contribution in [0.1, 0.15) is 32.3 Å². The van der Waals surface area contributed by atoms with Gasteiger partial charge in [-0.1, -0.05) is 18.2 Å². The number of ether oxygens (including phenoxy) is 1. The molecule has 0 aromatic heterocycles. The molecule has 0 radical (unpaired) electrons. The first kappa shape index (κ1) is 16.3. The van der Waals surface area contributed by atoms with Gasteiger partial charge in [0.1, 0.15) is 5.75 Å². The minimum absolute atomic E-state index is 0.0363. The number of carbonyl (C=O) groups excluding carboxylic acids is 1. The van der Waals surface area contributed by atoms with Gasteiger partial charge in [-0.15, -0.1) is 0 Å². The summed E-state index contributed by atoms with van der Waals surface area (Å²) in [6.45, 7) is 4.83. The third-order valence-electron chi connectivity index (χ3n) is 3.80. The number of benzene rings is 1. The lowest BCUT2D eigenvalue weighted by Crippen LogP contribution is -2.43. The Labute approximate surface area is 130 Å². The number of carbonyl (C=O) groups is 2. The zero-order chi connectivity index (χ0) is 16.1. The van der Waals surface area contributed by atoms with Crippen molar-refractivity contribution in [1.82, 2.24) is 4.90 Å². The van der Waals surface area contributed by atoms with E-state index in [1.165, 1.54) is 0 Å². The fourth-order valence-electron chi connectivity index (χ4n) is 2.70. The van der Waals surface area contributed by atoms with Crippen LogP contribution in [-0.2, 0) is 16.0 Å². The molecule has 2 rings (SSSR count). The fraction of sp³-hybridized carbons (Fsp3) is 0.529. The van der Waals surface area contributed by atoms with E-state index in [9.17, 15) is 9.59 Å². The van der Waals surface area contributed by atoms with Gasteiger partial charge in [0.15, 0.2) is 0 Å². The van der Waals surface area contributed by atoms with Crippen molar-refractivity contribution < 1.29 is 19.4 Å². The maximum atomic E-state index is 12.5. The minimum Gasteiger partial charge on any atom is -0.491 e. The lowest BCUT2D eigenvalue weighted by atomic mass is 9.97. The van der Waals surface area contributed by atoms with Crippen molar-refractivity contribution >= 4 is 11.9 Å². The molecule has 1 aliphatic rings. The van der Waals surface area contributed by atoms with Gasteiger partial charge in [0.05, 0.1) is 18.4 Å². The molecule has 1 atom stereocenters. The van der Waals surface area contributed by atoms with Crippen molar-refractivity contribution in [3.8, 4) is 5.75 Å². The highest BCUT2D eigenvalue weighted by molar-refractivity contribution is 5.80. The van der Waals surface area contributed by atoms with E-state index in [-0.39, 0.29) is 18.4 Å².